The fourth-order valence-corrected chi connectivity index (χ4v) is 5.30. The third kappa shape index (κ3) is 7.83. The van der Waals surface area contributed by atoms with Crippen molar-refractivity contribution in [3.05, 3.63) is 76.7 Å². The van der Waals surface area contributed by atoms with Gasteiger partial charge in [-0.25, -0.2) is 9.59 Å². The minimum atomic E-state index is -4.93. The van der Waals surface area contributed by atoms with Crippen molar-refractivity contribution in [2.24, 2.45) is 0 Å². The molecule has 0 radical (unpaired) electrons. The minimum Gasteiger partial charge on any atom is -0.493 e. The number of carbonyl (C=O) groups excluding carboxylic acids is 2. The Morgan fingerprint density at radius 1 is 0.755 bits per heavy atom. The zero-order chi connectivity index (χ0) is 35.3. The molecular weight excluding hydrogens is 668 g/mol. The van der Waals surface area contributed by atoms with Gasteiger partial charge in [-0.05, 0) is 43.7 Å². The number of ether oxygens (including phenoxy) is 7. The Balaban J connectivity index is 1.44. The Morgan fingerprint density at radius 2 is 1.37 bits per heavy atom. The smallest absolute Gasteiger partial charge is 0.446 e. The number of hydrogen-bond acceptors (Lipinski definition) is 14. The highest BCUT2D eigenvalue weighted by molar-refractivity contribution is 7.81. The molecule has 0 aliphatic carbocycles. The summed E-state index contributed by atoms with van der Waals surface area (Å²) in [5, 5.41) is 0.486. The summed E-state index contributed by atoms with van der Waals surface area (Å²) in [4.78, 5) is 26.3. The van der Waals surface area contributed by atoms with E-state index in [1.165, 1.54) is 33.5 Å². The molecule has 0 amide bonds. The van der Waals surface area contributed by atoms with Crippen LogP contribution in [0.2, 0.25) is 0 Å². The molecule has 0 bridgehead atoms. The minimum absolute atomic E-state index is 0.00306. The molecule has 3 aromatic carbocycles. The van der Waals surface area contributed by atoms with Crippen molar-refractivity contribution in [1.82, 2.24) is 0 Å². The first-order chi connectivity index (χ1) is 23.5. The van der Waals surface area contributed by atoms with Crippen LogP contribution in [0.4, 0.5) is 0 Å². The summed E-state index contributed by atoms with van der Waals surface area (Å²) >= 11 is 0. The Morgan fingerprint density at radius 3 is 2.00 bits per heavy atom. The molecular formula is C33H32O15S. The van der Waals surface area contributed by atoms with Gasteiger partial charge in [0, 0.05) is 30.0 Å². The van der Waals surface area contributed by atoms with E-state index in [1.807, 2.05) is 0 Å². The number of esters is 2. The number of rotatable bonds is 15. The fourth-order valence-electron chi connectivity index (χ4n) is 4.95. The van der Waals surface area contributed by atoms with Crippen LogP contribution in [-0.4, -0.2) is 59.6 Å². The number of furan rings is 2. The molecule has 0 saturated heterocycles. The highest BCUT2D eigenvalue weighted by Crippen LogP contribution is 2.40. The first-order valence-electron chi connectivity index (χ1n) is 14.5. The highest BCUT2D eigenvalue weighted by atomic mass is 32.3. The van der Waals surface area contributed by atoms with E-state index in [0.717, 1.165) is 11.6 Å². The van der Waals surface area contributed by atoms with E-state index in [1.54, 1.807) is 44.2 Å². The summed E-state index contributed by atoms with van der Waals surface area (Å²) in [7, 11) is -0.748. The predicted octanol–water partition coefficient (Wildman–Crippen LogP) is 5.78. The Hall–Kier alpha value is -5.45. The summed E-state index contributed by atoms with van der Waals surface area (Å²) < 4.78 is 86.3. The molecule has 5 rings (SSSR count). The monoisotopic (exact) mass is 700 g/mol. The zero-order valence-electron chi connectivity index (χ0n) is 27.0. The largest absolute Gasteiger partial charge is 0.493 e. The van der Waals surface area contributed by atoms with Gasteiger partial charge in [-0.15, -0.1) is 0 Å². The van der Waals surface area contributed by atoms with Gasteiger partial charge in [-0.3, -0.25) is 4.55 Å². The highest BCUT2D eigenvalue weighted by Gasteiger charge is 2.27. The van der Waals surface area contributed by atoms with Crippen molar-refractivity contribution in [3.8, 4) is 28.7 Å². The molecule has 2 heterocycles. The van der Waals surface area contributed by atoms with E-state index >= 15 is 0 Å². The van der Waals surface area contributed by atoms with Gasteiger partial charge in [0.15, 0.2) is 35.6 Å². The summed E-state index contributed by atoms with van der Waals surface area (Å²) in [6.45, 7) is 3.00. The third-order valence-electron chi connectivity index (χ3n) is 7.07. The number of carbonyl (C=O) groups is 2. The van der Waals surface area contributed by atoms with E-state index in [2.05, 4.69) is 4.18 Å². The van der Waals surface area contributed by atoms with Gasteiger partial charge in [-0.2, -0.15) is 8.42 Å². The van der Waals surface area contributed by atoms with E-state index in [0.29, 0.717) is 22.5 Å². The van der Waals surface area contributed by atoms with Crippen molar-refractivity contribution < 1.29 is 68.7 Å². The molecule has 2 aromatic heterocycles. The molecule has 0 aliphatic heterocycles. The van der Waals surface area contributed by atoms with Crippen LogP contribution in [0.5, 0.6) is 28.7 Å². The maximum absolute atomic E-state index is 13.3. The average molecular weight is 701 g/mol. The van der Waals surface area contributed by atoms with Gasteiger partial charge in [0.1, 0.15) is 47.0 Å². The molecule has 0 atom stereocenters. The third-order valence-corrected chi connectivity index (χ3v) is 7.46. The van der Waals surface area contributed by atoms with E-state index in [4.69, 9.17) is 42.0 Å². The predicted molar refractivity (Wildman–Crippen MR) is 171 cm³/mol. The standard InChI is InChI=1S/C33H32O15S/c1-6-42-33(35)31-22-12-28(48-49(36,37)38)26(41-5)14-24(22)47-29(31)16-43-27-11-21-23(13-25(27)40-4)46-18(2)30(21)32(34)44-15-19-7-9-20(10-8-19)45-17-39-3/h7-14H,6,15-17H2,1-5H3,(H,36,37,38). The number of benzene rings is 3. The SMILES string of the molecule is CCOC(=O)c1c(COc2cc3c(C(=O)OCc4ccc(OCOC)cc4)c(C)oc3cc2OC)oc2cc(OC)c(OS(=O)(=O)O)cc12. The molecule has 1 N–H and O–H groups in total. The first-order valence-corrected chi connectivity index (χ1v) is 15.9. The molecule has 0 fully saturated rings. The van der Waals surface area contributed by atoms with Crippen LogP contribution in [0, 0.1) is 6.92 Å². The van der Waals surface area contributed by atoms with Gasteiger partial charge in [0.25, 0.3) is 0 Å². The lowest BCUT2D eigenvalue weighted by atomic mass is 10.1. The summed E-state index contributed by atoms with van der Waals surface area (Å²) in [6, 6.07) is 12.5. The van der Waals surface area contributed by atoms with Crippen molar-refractivity contribution in [2.75, 3.05) is 34.7 Å². The number of fused-ring (bicyclic) bond motifs is 2. The summed E-state index contributed by atoms with van der Waals surface area (Å²) in [6.07, 6.45) is 0. The quantitative estimate of drug-likeness (QED) is 0.0785. The van der Waals surface area contributed by atoms with Gasteiger partial charge in [0.2, 0.25) is 0 Å². The van der Waals surface area contributed by atoms with Crippen LogP contribution in [0.3, 0.4) is 0 Å². The molecule has 49 heavy (non-hydrogen) atoms. The van der Waals surface area contributed by atoms with Crippen molar-refractivity contribution >= 4 is 44.3 Å². The lowest BCUT2D eigenvalue weighted by Gasteiger charge is -2.11. The Kier molecular flexibility index (Phi) is 10.5. The van der Waals surface area contributed by atoms with Gasteiger partial charge in [0.05, 0.1) is 20.8 Å². The van der Waals surface area contributed by atoms with E-state index in [9.17, 15) is 22.6 Å². The lowest BCUT2D eigenvalue weighted by molar-refractivity contribution is 0.0470. The van der Waals surface area contributed by atoms with Crippen LogP contribution in [-0.2, 0) is 37.8 Å². The van der Waals surface area contributed by atoms with Crippen LogP contribution in [0.15, 0.2) is 57.4 Å². The second-order valence-corrected chi connectivity index (χ2v) is 11.2. The first kappa shape index (κ1) is 34.9. The maximum Gasteiger partial charge on any atom is 0.446 e. The molecule has 0 spiro atoms. The van der Waals surface area contributed by atoms with Crippen LogP contribution < -0.4 is 23.1 Å². The molecule has 5 aromatic rings. The Bertz CT molecular complexity index is 2090. The second-order valence-electron chi connectivity index (χ2n) is 10.2. The van der Waals surface area contributed by atoms with Gasteiger partial charge >= 0.3 is 22.3 Å². The molecule has 0 unspecified atom stereocenters. The number of hydrogen-bond donors (Lipinski definition) is 1. The van der Waals surface area contributed by atoms with Crippen molar-refractivity contribution in [1.29, 1.82) is 0 Å². The van der Waals surface area contributed by atoms with E-state index in [-0.39, 0.29) is 71.7 Å². The molecule has 15 nitrogen and oxygen atoms in total. The van der Waals surface area contributed by atoms with Gasteiger partial charge < -0.3 is 46.2 Å². The van der Waals surface area contributed by atoms with Crippen LogP contribution in [0.1, 0.15) is 44.7 Å². The molecule has 16 heteroatoms. The fraction of sp³-hybridized carbons (Fsp3) is 0.273. The second kappa shape index (κ2) is 14.8. The summed E-state index contributed by atoms with van der Waals surface area (Å²) in [5.41, 5.74) is 1.27. The lowest BCUT2D eigenvalue weighted by Crippen LogP contribution is -2.09. The van der Waals surface area contributed by atoms with Gasteiger partial charge in [-0.1, -0.05) is 12.1 Å². The number of methoxy groups -OCH3 is 3. The van der Waals surface area contributed by atoms with Crippen molar-refractivity contribution in [2.45, 2.75) is 27.1 Å². The van der Waals surface area contributed by atoms with E-state index < -0.39 is 28.1 Å². The molecule has 0 aliphatic rings. The zero-order valence-corrected chi connectivity index (χ0v) is 27.8. The normalized spacial score (nSPS) is 11.4. The summed E-state index contributed by atoms with van der Waals surface area (Å²) in [5.74, 6) is -0.602. The van der Waals surface area contributed by atoms with Crippen LogP contribution >= 0.6 is 0 Å². The number of aryl methyl sites for hydroxylation is 1. The van der Waals surface area contributed by atoms with Crippen molar-refractivity contribution in [3.63, 3.8) is 0 Å². The van der Waals surface area contributed by atoms with Crippen LogP contribution in [0.25, 0.3) is 21.9 Å². The molecule has 260 valence electrons. The Labute approximate surface area is 280 Å². The maximum atomic E-state index is 13.3. The average Bonchev–Trinajstić information content (AvgIpc) is 3.59. The molecule has 0 saturated carbocycles. The topological polar surface area (TPSA) is 189 Å².